The van der Waals surface area contributed by atoms with E-state index in [1.54, 1.807) is 6.92 Å². The molecular weight excluding hydrogens is 346 g/mol. The first-order valence-electron chi connectivity index (χ1n) is 9.05. The molecule has 0 radical (unpaired) electrons. The first-order chi connectivity index (χ1) is 12.6. The number of fused-ring (bicyclic) bond motifs is 1. The third kappa shape index (κ3) is 2.87. The third-order valence-corrected chi connectivity index (χ3v) is 5.78. The number of pyridine rings is 1. The lowest BCUT2D eigenvalue weighted by molar-refractivity contribution is -0.129. The molecule has 26 heavy (non-hydrogen) atoms. The van der Waals surface area contributed by atoms with E-state index in [1.165, 1.54) is 6.42 Å². The zero-order valence-corrected chi connectivity index (χ0v) is 15.5. The number of aromatic nitrogens is 1. The highest BCUT2D eigenvalue weighted by molar-refractivity contribution is 6.30. The van der Waals surface area contributed by atoms with Crippen LogP contribution in [0, 0.1) is 11.3 Å². The zero-order chi connectivity index (χ0) is 18.3. The van der Waals surface area contributed by atoms with Gasteiger partial charge in [0.15, 0.2) is 0 Å². The van der Waals surface area contributed by atoms with Crippen LogP contribution in [0.15, 0.2) is 24.3 Å². The first kappa shape index (κ1) is 17.1. The summed E-state index contributed by atoms with van der Waals surface area (Å²) >= 11 is 6.23. The summed E-state index contributed by atoms with van der Waals surface area (Å²) in [6.07, 6.45) is 4.11. The summed E-state index contributed by atoms with van der Waals surface area (Å²) in [6.45, 7) is 2.77. The van der Waals surface area contributed by atoms with Crippen LogP contribution >= 0.6 is 11.6 Å². The molecule has 4 nitrogen and oxygen atoms in total. The van der Waals surface area contributed by atoms with Crippen molar-refractivity contribution in [2.45, 2.75) is 45.1 Å². The van der Waals surface area contributed by atoms with Crippen molar-refractivity contribution in [2.24, 2.45) is 0 Å². The fourth-order valence-corrected chi connectivity index (χ4v) is 4.09. The monoisotopic (exact) mass is 365 g/mol. The predicted molar refractivity (Wildman–Crippen MR) is 101 cm³/mol. The zero-order valence-electron chi connectivity index (χ0n) is 14.8. The lowest BCUT2D eigenvalue weighted by Crippen LogP contribution is -2.35. The van der Waals surface area contributed by atoms with E-state index in [4.69, 9.17) is 16.6 Å². The number of rotatable bonds is 2. The summed E-state index contributed by atoms with van der Waals surface area (Å²) in [5, 5.41) is 10.6. The minimum Gasteiger partial charge on any atom is -0.338 e. The van der Waals surface area contributed by atoms with Crippen LogP contribution in [0.25, 0.3) is 11.1 Å². The van der Waals surface area contributed by atoms with E-state index in [0.29, 0.717) is 29.6 Å². The second-order valence-corrected chi connectivity index (χ2v) is 7.55. The van der Waals surface area contributed by atoms with Gasteiger partial charge in [0.2, 0.25) is 5.91 Å². The summed E-state index contributed by atoms with van der Waals surface area (Å²) in [6, 6.07) is 10.0. The average Bonchev–Trinajstić information content (AvgIpc) is 2.58. The number of benzene rings is 1. The van der Waals surface area contributed by atoms with Gasteiger partial charge in [-0.05, 0) is 30.5 Å². The van der Waals surface area contributed by atoms with Crippen molar-refractivity contribution in [3.63, 3.8) is 0 Å². The maximum Gasteiger partial charge on any atom is 0.219 e. The van der Waals surface area contributed by atoms with Crippen molar-refractivity contribution in [3.05, 3.63) is 51.8 Å². The lowest BCUT2D eigenvalue weighted by Gasteiger charge is -2.33. The van der Waals surface area contributed by atoms with Crippen molar-refractivity contribution in [2.75, 3.05) is 6.54 Å². The highest BCUT2D eigenvalue weighted by Crippen LogP contribution is 2.42. The summed E-state index contributed by atoms with van der Waals surface area (Å²) in [5.74, 6) is 0.424. The van der Waals surface area contributed by atoms with Crippen LogP contribution in [0.4, 0.5) is 0 Å². The molecular formula is C21H20ClN3O. The van der Waals surface area contributed by atoms with Crippen molar-refractivity contribution >= 4 is 17.5 Å². The van der Waals surface area contributed by atoms with E-state index in [-0.39, 0.29) is 5.91 Å². The third-order valence-electron chi connectivity index (χ3n) is 5.54. The van der Waals surface area contributed by atoms with Crippen LogP contribution in [0.1, 0.15) is 54.6 Å². The van der Waals surface area contributed by atoms with Gasteiger partial charge in [-0.25, -0.2) is 0 Å². The highest BCUT2D eigenvalue weighted by Gasteiger charge is 2.31. The minimum absolute atomic E-state index is 0.0503. The number of carbonyl (C=O) groups is 1. The molecule has 1 saturated carbocycles. The summed E-state index contributed by atoms with van der Waals surface area (Å²) < 4.78 is 0. The number of halogens is 1. The molecule has 1 aliphatic carbocycles. The molecule has 1 amide bonds. The quantitative estimate of drug-likeness (QED) is 0.790. The molecule has 0 spiro atoms. The van der Waals surface area contributed by atoms with Crippen molar-refractivity contribution < 1.29 is 4.79 Å². The molecule has 2 heterocycles. The van der Waals surface area contributed by atoms with Gasteiger partial charge < -0.3 is 4.90 Å². The van der Waals surface area contributed by atoms with Crippen LogP contribution in [0.3, 0.4) is 0 Å². The molecule has 0 N–H and O–H groups in total. The molecule has 4 rings (SSSR count). The molecule has 1 aromatic carbocycles. The molecule has 1 aliphatic heterocycles. The minimum atomic E-state index is 0.0503. The molecule has 0 atom stereocenters. The Morgan fingerprint density at radius 2 is 2.19 bits per heavy atom. The molecule has 5 heteroatoms. The second-order valence-electron chi connectivity index (χ2n) is 7.11. The number of hydrogen-bond donors (Lipinski definition) is 0. The van der Waals surface area contributed by atoms with Gasteiger partial charge in [0.1, 0.15) is 6.07 Å². The van der Waals surface area contributed by atoms with E-state index in [0.717, 1.165) is 47.3 Å². The maximum atomic E-state index is 11.9. The van der Waals surface area contributed by atoms with Gasteiger partial charge in [0.05, 0.1) is 11.3 Å². The van der Waals surface area contributed by atoms with Crippen LogP contribution in [0.5, 0.6) is 0 Å². The van der Waals surface area contributed by atoms with Crippen LogP contribution in [-0.4, -0.2) is 22.3 Å². The number of nitriles is 1. The Morgan fingerprint density at radius 1 is 1.38 bits per heavy atom. The number of amides is 1. The fourth-order valence-electron chi connectivity index (χ4n) is 3.90. The normalized spacial score (nSPS) is 16.6. The SMILES string of the molecule is CC(=O)N1CCc2nc(C3CCC3)c(C#N)c(-c3cccc(Cl)c3)c2C1. The molecule has 1 aromatic heterocycles. The Kier molecular flexibility index (Phi) is 4.42. The van der Waals surface area contributed by atoms with Crippen LogP contribution in [-0.2, 0) is 17.8 Å². The van der Waals surface area contributed by atoms with Crippen LogP contribution in [0.2, 0.25) is 5.02 Å². The standard InChI is InChI=1S/C21H20ClN3O/c1-13(26)25-9-8-19-18(12-25)20(15-6-3-7-16(22)10-15)17(11-23)21(24-19)14-4-2-5-14/h3,6-7,10,14H,2,4-5,8-9,12H2,1H3. The first-order valence-corrected chi connectivity index (χ1v) is 9.43. The Hall–Kier alpha value is -2.38. The van der Waals surface area contributed by atoms with Gasteiger partial charge in [-0.15, -0.1) is 0 Å². The molecule has 2 aliphatic rings. The topological polar surface area (TPSA) is 57.0 Å². The van der Waals surface area contributed by atoms with Crippen LogP contribution < -0.4 is 0 Å². The second kappa shape index (κ2) is 6.74. The Labute approximate surface area is 158 Å². The summed E-state index contributed by atoms with van der Waals surface area (Å²) in [7, 11) is 0. The van der Waals surface area contributed by atoms with E-state index < -0.39 is 0 Å². The number of nitrogens with zero attached hydrogens (tertiary/aromatic N) is 3. The Morgan fingerprint density at radius 3 is 2.81 bits per heavy atom. The van der Waals surface area contributed by atoms with E-state index >= 15 is 0 Å². The van der Waals surface area contributed by atoms with Gasteiger partial charge in [-0.1, -0.05) is 30.2 Å². The van der Waals surface area contributed by atoms with E-state index in [9.17, 15) is 10.1 Å². The van der Waals surface area contributed by atoms with Crippen molar-refractivity contribution in [1.29, 1.82) is 5.26 Å². The van der Waals surface area contributed by atoms with Gasteiger partial charge in [-0.3, -0.25) is 9.78 Å². The highest BCUT2D eigenvalue weighted by atomic mass is 35.5. The Balaban J connectivity index is 1.96. The number of carbonyl (C=O) groups excluding carboxylic acids is 1. The summed E-state index contributed by atoms with van der Waals surface area (Å²) in [4.78, 5) is 18.7. The molecule has 0 unspecified atom stereocenters. The molecule has 0 bridgehead atoms. The molecule has 0 saturated heterocycles. The van der Waals surface area contributed by atoms with Gasteiger partial charge in [0, 0.05) is 54.2 Å². The lowest BCUT2D eigenvalue weighted by atomic mass is 9.78. The summed E-state index contributed by atoms with van der Waals surface area (Å²) in [5.41, 5.74) is 5.45. The smallest absolute Gasteiger partial charge is 0.219 e. The molecule has 1 fully saturated rings. The molecule has 132 valence electrons. The predicted octanol–water partition coefficient (Wildman–Crippen LogP) is 4.45. The van der Waals surface area contributed by atoms with Gasteiger partial charge in [0.25, 0.3) is 0 Å². The van der Waals surface area contributed by atoms with Crippen molar-refractivity contribution in [3.8, 4) is 17.2 Å². The van der Waals surface area contributed by atoms with Crippen molar-refractivity contribution in [1.82, 2.24) is 9.88 Å². The van der Waals surface area contributed by atoms with E-state index in [2.05, 4.69) is 6.07 Å². The maximum absolute atomic E-state index is 11.9. The average molecular weight is 366 g/mol. The van der Waals surface area contributed by atoms with E-state index in [1.807, 2.05) is 29.2 Å². The largest absolute Gasteiger partial charge is 0.338 e. The molecule has 2 aromatic rings. The van der Waals surface area contributed by atoms with Gasteiger partial charge in [-0.2, -0.15) is 5.26 Å². The fraction of sp³-hybridized carbons (Fsp3) is 0.381. The Bertz CT molecular complexity index is 928. The number of hydrogen-bond acceptors (Lipinski definition) is 3. The van der Waals surface area contributed by atoms with Gasteiger partial charge >= 0.3 is 0 Å².